The number of non-ortho nitro benzene ring substituents is 1. The minimum Gasteiger partial charge on any atom is -0.491 e. The summed E-state index contributed by atoms with van der Waals surface area (Å²) >= 11 is 1.23. The van der Waals surface area contributed by atoms with Gasteiger partial charge in [-0.3, -0.25) is 19.5 Å². The van der Waals surface area contributed by atoms with E-state index in [1.54, 1.807) is 32.1 Å². The number of hydrogen-bond acceptors (Lipinski definition) is 8. The number of allylic oxidation sites excluding steroid dienone is 1. The first kappa shape index (κ1) is 29.7. The number of aryl methyl sites for hydroxylation is 1. The number of para-hydroxylation sites is 1. The third-order valence-electron chi connectivity index (χ3n) is 7.15. The summed E-state index contributed by atoms with van der Waals surface area (Å²) in [7, 11) is 0. The van der Waals surface area contributed by atoms with Crippen molar-refractivity contribution < 1.29 is 19.2 Å². The van der Waals surface area contributed by atoms with Gasteiger partial charge in [0.15, 0.2) is 4.80 Å². The lowest BCUT2D eigenvalue weighted by Crippen LogP contribution is -2.40. The van der Waals surface area contributed by atoms with Gasteiger partial charge in [0.25, 0.3) is 11.2 Å². The molecule has 0 saturated heterocycles. The molecule has 10 nitrogen and oxygen atoms in total. The minimum absolute atomic E-state index is 0.00522. The van der Waals surface area contributed by atoms with E-state index in [4.69, 9.17) is 9.47 Å². The van der Waals surface area contributed by atoms with Gasteiger partial charge in [0.2, 0.25) is 0 Å². The lowest BCUT2D eigenvalue weighted by atomic mass is 9.95. The molecule has 0 N–H and O–H groups in total. The average molecular weight is 601 g/mol. The molecule has 0 radical (unpaired) electrons. The van der Waals surface area contributed by atoms with E-state index in [-0.39, 0.29) is 29.5 Å². The second-order valence-corrected chi connectivity index (χ2v) is 11.5. The second-order valence-electron chi connectivity index (χ2n) is 10.4. The van der Waals surface area contributed by atoms with Gasteiger partial charge in [0.05, 0.1) is 39.1 Å². The first-order valence-corrected chi connectivity index (χ1v) is 14.7. The van der Waals surface area contributed by atoms with Crippen LogP contribution in [0.5, 0.6) is 5.75 Å². The Kier molecular flexibility index (Phi) is 8.19. The molecule has 3 heterocycles. The zero-order valence-corrected chi connectivity index (χ0v) is 25.6. The maximum Gasteiger partial charge on any atom is 0.338 e. The van der Waals surface area contributed by atoms with Crippen LogP contribution in [0.3, 0.4) is 0 Å². The molecular weight excluding hydrogens is 568 g/mol. The van der Waals surface area contributed by atoms with Crippen LogP contribution >= 0.6 is 11.3 Å². The number of fused-ring (bicyclic) bond motifs is 1. The highest BCUT2D eigenvalue weighted by Gasteiger charge is 2.35. The number of carbonyl (C=O) groups excluding carboxylic acids is 1. The van der Waals surface area contributed by atoms with Crippen molar-refractivity contribution in [3.8, 4) is 11.4 Å². The van der Waals surface area contributed by atoms with Gasteiger partial charge < -0.3 is 14.0 Å². The first-order chi connectivity index (χ1) is 20.5. The van der Waals surface area contributed by atoms with Crippen LogP contribution in [0.25, 0.3) is 11.8 Å². The average Bonchev–Trinajstić information content (AvgIpc) is 3.41. The Morgan fingerprint density at radius 1 is 1.14 bits per heavy atom. The van der Waals surface area contributed by atoms with Crippen molar-refractivity contribution in [3.05, 3.63) is 118 Å². The molecule has 1 atom stereocenters. The molecule has 0 unspecified atom stereocenters. The fraction of sp³-hybridized carbons (Fsp3) is 0.281. The zero-order chi connectivity index (χ0) is 31.0. The molecule has 0 bridgehead atoms. The number of esters is 1. The molecular formula is C32H32N4O6S. The van der Waals surface area contributed by atoms with E-state index < -0.39 is 16.9 Å². The molecule has 1 aliphatic heterocycles. The number of thiazole rings is 1. The third-order valence-corrected chi connectivity index (χ3v) is 8.13. The fourth-order valence-corrected chi connectivity index (χ4v) is 6.41. The summed E-state index contributed by atoms with van der Waals surface area (Å²) < 4.78 is 15.4. The van der Waals surface area contributed by atoms with Crippen LogP contribution in [0, 0.1) is 24.0 Å². The number of hydrogen-bond donors (Lipinski definition) is 0. The van der Waals surface area contributed by atoms with Gasteiger partial charge >= 0.3 is 5.97 Å². The van der Waals surface area contributed by atoms with Crippen LogP contribution in [0.4, 0.5) is 5.69 Å². The molecule has 5 rings (SSSR count). The van der Waals surface area contributed by atoms with E-state index in [1.807, 2.05) is 62.6 Å². The Bertz CT molecular complexity index is 1960. The molecule has 222 valence electrons. The number of nitro benzene ring substituents is 1. The highest BCUT2D eigenvalue weighted by atomic mass is 32.1. The maximum atomic E-state index is 14.1. The summed E-state index contributed by atoms with van der Waals surface area (Å²) in [5.74, 6) is 0.0250. The van der Waals surface area contributed by atoms with E-state index in [1.165, 1.54) is 28.0 Å². The van der Waals surface area contributed by atoms with Crippen molar-refractivity contribution >= 4 is 29.1 Å². The summed E-state index contributed by atoms with van der Waals surface area (Å²) in [6.07, 6.45) is 1.67. The molecule has 0 aliphatic carbocycles. The normalized spacial score (nSPS) is 15.0. The second kappa shape index (κ2) is 11.8. The number of nitrogens with zero attached hydrogens (tertiary/aromatic N) is 4. The lowest BCUT2D eigenvalue weighted by molar-refractivity contribution is -0.384. The molecule has 43 heavy (non-hydrogen) atoms. The van der Waals surface area contributed by atoms with Gasteiger partial charge in [-0.25, -0.2) is 9.79 Å². The van der Waals surface area contributed by atoms with Gasteiger partial charge in [-0.15, -0.1) is 0 Å². The summed E-state index contributed by atoms with van der Waals surface area (Å²) in [6.45, 7) is 11.3. The SMILES string of the molecule is CCOC(=O)C1=C(C)N=c2s/c(=C/c3cc(C)n(-c4cccc([N+](=O)[O-])c4)c3C)c(=O)n2[C@H]1c1ccccc1OC(C)C. The fourth-order valence-electron chi connectivity index (χ4n) is 5.37. The van der Waals surface area contributed by atoms with Crippen molar-refractivity contribution in [1.29, 1.82) is 0 Å². The van der Waals surface area contributed by atoms with Crippen molar-refractivity contribution in [2.75, 3.05) is 6.61 Å². The topological polar surface area (TPSA) is 118 Å². The highest BCUT2D eigenvalue weighted by Crippen LogP contribution is 2.36. The van der Waals surface area contributed by atoms with Crippen molar-refractivity contribution in [2.24, 2.45) is 4.99 Å². The van der Waals surface area contributed by atoms with Crippen LogP contribution in [0.2, 0.25) is 0 Å². The van der Waals surface area contributed by atoms with Crippen molar-refractivity contribution in [3.63, 3.8) is 0 Å². The predicted octanol–water partition coefficient (Wildman–Crippen LogP) is 4.90. The third kappa shape index (κ3) is 5.55. The standard InChI is InChI=1S/C32H32N4O6S/c1-7-41-31(38)28-20(5)33-32-35(29(28)25-13-8-9-14-26(25)42-18(2)3)30(37)27(43-32)16-22-15-19(4)34(21(22)6)23-11-10-12-24(17-23)36(39)40/h8-18,29H,7H2,1-6H3/b27-16+/t29-/m0/s1. The Hall–Kier alpha value is -4.77. The number of ether oxygens (including phenoxy) is 2. The van der Waals surface area contributed by atoms with Crippen LogP contribution in [0.1, 0.15) is 56.3 Å². The predicted molar refractivity (Wildman–Crippen MR) is 165 cm³/mol. The van der Waals surface area contributed by atoms with Gasteiger partial charge in [-0.2, -0.15) is 0 Å². The first-order valence-electron chi connectivity index (χ1n) is 13.9. The van der Waals surface area contributed by atoms with E-state index >= 15 is 0 Å². The molecule has 0 amide bonds. The summed E-state index contributed by atoms with van der Waals surface area (Å²) in [5, 5.41) is 11.4. The van der Waals surface area contributed by atoms with E-state index in [2.05, 4.69) is 4.99 Å². The van der Waals surface area contributed by atoms with E-state index in [0.29, 0.717) is 32.0 Å². The van der Waals surface area contributed by atoms with Gasteiger partial charge in [-0.05, 0) is 71.4 Å². The molecule has 0 fully saturated rings. The number of benzene rings is 2. The maximum absolute atomic E-state index is 14.1. The van der Waals surface area contributed by atoms with E-state index in [0.717, 1.165) is 17.0 Å². The smallest absolute Gasteiger partial charge is 0.338 e. The number of carbonyl (C=O) groups is 1. The lowest BCUT2D eigenvalue weighted by Gasteiger charge is -2.26. The largest absolute Gasteiger partial charge is 0.491 e. The summed E-state index contributed by atoms with van der Waals surface area (Å²) in [5.41, 5.74) is 4.22. The number of nitro groups is 1. The monoisotopic (exact) mass is 600 g/mol. The molecule has 0 saturated carbocycles. The van der Waals surface area contributed by atoms with Crippen LogP contribution in [-0.4, -0.2) is 32.7 Å². The van der Waals surface area contributed by atoms with Gasteiger partial charge in [0, 0.05) is 29.1 Å². The Morgan fingerprint density at radius 3 is 2.58 bits per heavy atom. The van der Waals surface area contributed by atoms with Crippen molar-refractivity contribution in [1.82, 2.24) is 9.13 Å². The van der Waals surface area contributed by atoms with Crippen molar-refractivity contribution in [2.45, 2.75) is 53.7 Å². The Morgan fingerprint density at radius 2 is 1.88 bits per heavy atom. The molecule has 11 heteroatoms. The molecule has 2 aromatic carbocycles. The van der Waals surface area contributed by atoms with Crippen LogP contribution in [0.15, 0.2) is 75.7 Å². The zero-order valence-electron chi connectivity index (χ0n) is 24.8. The van der Waals surface area contributed by atoms with E-state index in [9.17, 15) is 19.7 Å². The molecule has 1 aliphatic rings. The Balaban J connectivity index is 1.70. The minimum atomic E-state index is -0.801. The summed E-state index contributed by atoms with van der Waals surface area (Å²) in [4.78, 5) is 43.5. The molecule has 2 aromatic heterocycles. The molecule has 0 spiro atoms. The Labute approximate surface area is 252 Å². The number of rotatable bonds is 8. The van der Waals surface area contributed by atoms with Gasteiger partial charge in [0.1, 0.15) is 11.8 Å². The highest BCUT2D eigenvalue weighted by molar-refractivity contribution is 7.07. The van der Waals surface area contributed by atoms with Crippen LogP contribution in [-0.2, 0) is 9.53 Å². The van der Waals surface area contributed by atoms with Crippen LogP contribution < -0.4 is 19.6 Å². The summed E-state index contributed by atoms with van der Waals surface area (Å²) in [6, 6.07) is 14.9. The van der Waals surface area contributed by atoms with Gasteiger partial charge in [-0.1, -0.05) is 35.6 Å². The quantitative estimate of drug-likeness (QED) is 0.161. The molecule has 4 aromatic rings. The number of aromatic nitrogens is 2.